The van der Waals surface area contributed by atoms with Gasteiger partial charge in [-0.25, -0.2) is 4.98 Å². The van der Waals surface area contributed by atoms with E-state index in [9.17, 15) is 0 Å². The molecule has 4 heteroatoms. The molecule has 0 atom stereocenters. The molecular formula is C13H18N4. The van der Waals surface area contributed by atoms with Crippen LogP contribution >= 0.6 is 0 Å². The largest absolute Gasteiger partial charge is 0.377 e. The Hall–Kier alpha value is -1.97. The van der Waals surface area contributed by atoms with Gasteiger partial charge in [0.25, 0.3) is 0 Å². The normalized spacial score (nSPS) is 10.6. The van der Waals surface area contributed by atoms with Crippen LogP contribution in [0.3, 0.4) is 0 Å². The fourth-order valence-corrected chi connectivity index (χ4v) is 1.95. The lowest BCUT2D eigenvalue weighted by Crippen LogP contribution is -2.11. The molecular weight excluding hydrogens is 212 g/mol. The molecule has 2 rings (SSSR count). The van der Waals surface area contributed by atoms with Crippen molar-refractivity contribution in [2.45, 2.75) is 13.8 Å². The Morgan fingerprint density at radius 2 is 1.94 bits per heavy atom. The molecule has 2 aromatic rings. The van der Waals surface area contributed by atoms with E-state index in [1.54, 1.807) is 0 Å². The van der Waals surface area contributed by atoms with E-state index < -0.39 is 0 Å². The van der Waals surface area contributed by atoms with Crippen LogP contribution in [0.1, 0.15) is 11.3 Å². The highest BCUT2D eigenvalue weighted by atomic mass is 15.1. The van der Waals surface area contributed by atoms with Crippen LogP contribution in [-0.2, 0) is 0 Å². The second-order valence-electron chi connectivity index (χ2n) is 4.48. The highest BCUT2D eigenvalue weighted by molar-refractivity contribution is 5.59. The minimum absolute atomic E-state index is 0.524. The summed E-state index contributed by atoms with van der Waals surface area (Å²) in [6.45, 7) is 4.04. The number of nitrogens with zero attached hydrogens (tertiary/aromatic N) is 3. The molecule has 0 saturated heterocycles. The zero-order valence-corrected chi connectivity index (χ0v) is 10.7. The Bertz CT molecular complexity index is 540. The van der Waals surface area contributed by atoms with Crippen molar-refractivity contribution in [3.05, 3.63) is 35.7 Å². The molecule has 1 aromatic carbocycles. The third-order valence-corrected chi connectivity index (χ3v) is 2.81. The molecule has 2 N–H and O–H groups in total. The molecule has 0 amide bonds. The van der Waals surface area contributed by atoms with Gasteiger partial charge in [-0.3, -0.25) is 4.57 Å². The van der Waals surface area contributed by atoms with Gasteiger partial charge in [0, 0.05) is 26.0 Å². The highest BCUT2D eigenvalue weighted by Gasteiger charge is 2.07. The highest BCUT2D eigenvalue weighted by Crippen LogP contribution is 2.23. The summed E-state index contributed by atoms with van der Waals surface area (Å²) in [6, 6.07) is 6.27. The number of benzene rings is 1. The number of anilines is 2. The molecule has 1 aromatic heterocycles. The molecule has 0 saturated carbocycles. The minimum atomic E-state index is 0.524. The van der Waals surface area contributed by atoms with Crippen LogP contribution in [0, 0.1) is 13.8 Å². The Morgan fingerprint density at radius 1 is 1.24 bits per heavy atom. The van der Waals surface area contributed by atoms with Crippen LogP contribution in [0.15, 0.2) is 24.4 Å². The molecule has 0 fully saturated rings. The van der Waals surface area contributed by atoms with E-state index in [2.05, 4.69) is 35.0 Å². The monoisotopic (exact) mass is 230 g/mol. The Morgan fingerprint density at radius 3 is 2.47 bits per heavy atom. The summed E-state index contributed by atoms with van der Waals surface area (Å²) in [5.74, 6) is 0.524. The van der Waals surface area contributed by atoms with Crippen molar-refractivity contribution < 1.29 is 0 Å². The second-order valence-corrected chi connectivity index (χ2v) is 4.48. The maximum Gasteiger partial charge on any atom is 0.205 e. The van der Waals surface area contributed by atoms with Crippen molar-refractivity contribution in [1.82, 2.24) is 9.55 Å². The van der Waals surface area contributed by atoms with E-state index in [0.29, 0.717) is 5.95 Å². The van der Waals surface area contributed by atoms with Crippen molar-refractivity contribution in [3.63, 3.8) is 0 Å². The minimum Gasteiger partial charge on any atom is -0.377 e. The molecule has 0 aliphatic rings. The molecule has 90 valence electrons. The number of aryl methyl sites for hydroxylation is 2. The standard InChI is InChI=1S/C13H18N4/c1-9-5-6-11(7-12(9)16(3)4)17-8-10(2)15-13(17)14/h5-8H,1-4H3,(H2,14,15). The Balaban J connectivity index is 2.53. The van der Waals surface area contributed by atoms with Crippen LogP contribution in [0.2, 0.25) is 0 Å². The van der Waals surface area contributed by atoms with Gasteiger partial charge >= 0.3 is 0 Å². The Labute approximate surface area is 102 Å². The third kappa shape index (κ3) is 2.11. The van der Waals surface area contributed by atoms with Gasteiger partial charge in [-0.15, -0.1) is 0 Å². The predicted octanol–water partition coefficient (Wildman–Crippen LogP) is 2.14. The molecule has 4 nitrogen and oxygen atoms in total. The first kappa shape index (κ1) is 11.5. The first-order valence-electron chi connectivity index (χ1n) is 5.59. The van der Waals surface area contributed by atoms with E-state index in [-0.39, 0.29) is 0 Å². The van der Waals surface area contributed by atoms with Crippen LogP contribution in [0.4, 0.5) is 11.6 Å². The van der Waals surface area contributed by atoms with Crippen molar-refractivity contribution in [2.75, 3.05) is 24.7 Å². The topological polar surface area (TPSA) is 47.1 Å². The lowest BCUT2D eigenvalue weighted by Gasteiger charge is -2.17. The van der Waals surface area contributed by atoms with Crippen molar-refractivity contribution in [2.24, 2.45) is 0 Å². The maximum atomic E-state index is 5.88. The maximum absolute atomic E-state index is 5.88. The zero-order valence-electron chi connectivity index (χ0n) is 10.7. The summed E-state index contributed by atoms with van der Waals surface area (Å²) >= 11 is 0. The fourth-order valence-electron chi connectivity index (χ4n) is 1.95. The average molecular weight is 230 g/mol. The molecule has 17 heavy (non-hydrogen) atoms. The average Bonchev–Trinajstić information content (AvgIpc) is 2.58. The quantitative estimate of drug-likeness (QED) is 0.859. The van der Waals surface area contributed by atoms with Crippen LogP contribution < -0.4 is 10.6 Å². The number of imidazole rings is 1. The molecule has 0 spiro atoms. The molecule has 0 aliphatic carbocycles. The lowest BCUT2D eigenvalue weighted by atomic mass is 10.1. The zero-order chi connectivity index (χ0) is 12.6. The summed E-state index contributed by atoms with van der Waals surface area (Å²) in [4.78, 5) is 6.31. The van der Waals surface area contributed by atoms with Gasteiger partial charge in [0.05, 0.1) is 11.4 Å². The Kier molecular flexibility index (Phi) is 2.79. The second kappa shape index (κ2) is 4.13. The number of nitrogens with two attached hydrogens (primary N) is 1. The number of nitrogen functional groups attached to an aromatic ring is 1. The summed E-state index contributed by atoms with van der Waals surface area (Å²) in [5, 5.41) is 0. The van der Waals surface area contributed by atoms with E-state index >= 15 is 0 Å². The third-order valence-electron chi connectivity index (χ3n) is 2.81. The van der Waals surface area contributed by atoms with E-state index in [1.165, 1.54) is 11.3 Å². The van der Waals surface area contributed by atoms with E-state index in [1.807, 2.05) is 31.8 Å². The SMILES string of the molecule is Cc1cn(-c2ccc(C)c(N(C)C)c2)c(N)n1. The van der Waals surface area contributed by atoms with E-state index in [0.717, 1.165) is 11.4 Å². The summed E-state index contributed by atoms with van der Waals surface area (Å²) in [6.07, 6.45) is 1.94. The number of hydrogen-bond donors (Lipinski definition) is 1. The summed E-state index contributed by atoms with van der Waals surface area (Å²) < 4.78 is 1.90. The molecule has 0 unspecified atom stereocenters. The van der Waals surface area contributed by atoms with Crippen LogP contribution in [0.25, 0.3) is 5.69 Å². The first-order valence-corrected chi connectivity index (χ1v) is 5.59. The van der Waals surface area contributed by atoms with Gasteiger partial charge in [-0.1, -0.05) is 6.07 Å². The van der Waals surface area contributed by atoms with Gasteiger partial charge in [-0.2, -0.15) is 0 Å². The van der Waals surface area contributed by atoms with Crippen LogP contribution in [-0.4, -0.2) is 23.6 Å². The number of aromatic nitrogens is 2. The molecule has 0 aliphatic heterocycles. The van der Waals surface area contributed by atoms with Crippen molar-refractivity contribution >= 4 is 11.6 Å². The smallest absolute Gasteiger partial charge is 0.205 e. The lowest BCUT2D eigenvalue weighted by molar-refractivity contribution is 1.05. The van der Waals surface area contributed by atoms with Crippen LogP contribution in [0.5, 0.6) is 0 Å². The first-order chi connectivity index (χ1) is 7.99. The molecule has 0 bridgehead atoms. The molecule has 1 heterocycles. The van der Waals surface area contributed by atoms with Gasteiger partial charge < -0.3 is 10.6 Å². The van der Waals surface area contributed by atoms with Crippen molar-refractivity contribution in [3.8, 4) is 5.69 Å². The fraction of sp³-hybridized carbons (Fsp3) is 0.308. The van der Waals surface area contributed by atoms with E-state index in [4.69, 9.17) is 5.73 Å². The predicted molar refractivity (Wildman–Crippen MR) is 71.8 cm³/mol. The summed E-state index contributed by atoms with van der Waals surface area (Å²) in [7, 11) is 4.07. The summed E-state index contributed by atoms with van der Waals surface area (Å²) in [5.41, 5.74) is 10.3. The number of hydrogen-bond acceptors (Lipinski definition) is 3. The van der Waals surface area contributed by atoms with Gasteiger partial charge in [0.15, 0.2) is 0 Å². The van der Waals surface area contributed by atoms with Crippen molar-refractivity contribution in [1.29, 1.82) is 0 Å². The molecule has 0 radical (unpaired) electrons. The number of rotatable bonds is 2. The van der Waals surface area contributed by atoms with Gasteiger partial charge in [0.1, 0.15) is 0 Å². The van der Waals surface area contributed by atoms with Gasteiger partial charge in [-0.05, 0) is 31.5 Å². The van der Waals surface area contributed by atoms with Gasteiger partial charge in [0.2, 0.25) is 5.95 Å².